The molecule has 0 aromatic heterocycles. The fourth-order valence-corrected chi connectivity index (χ4v) is 4.39. The predicted molar refractivity (Wildman–Crippen MR) is 58.0 cm³/mol. The van der Waals surface area contributed by atoms with Gasteiger partial charge in [-0.25, -0.2) is 0 Å². The van der Waals surface area contributed by atoms with Crippen LogP contribution in [-0.2, 0) is 32.0 Å². The zero-order chi connectivity index (χ0) is 11.1. The Morgan fingerprint density at radius 3 is 1.25 bits per heavy atom. The van der Waals surface area contributed by atoms with Crippen LogP contribution in [0.25, 0.3) is 0 Å². The van der Waals surface area contributed by atoms with Crippen molar-refractivity contribution in [2.24, 2.45) is 11.8 Å². The molecule has 0 aliphatic heterocycles. The Labute approximate surface area is 115 Å². The van der Waals surface area contributed by atoms with Crippen molar-refractivity contribution < 1.29 is 32.0 Å². The SMILES string of the molecule is [Cu][C]1=C2CCC(C1)C2.[Cu][C]1=C2CCC(C1)C2. The molecule has 2 saturated carbocycles. The van der Waals surface area contributed by atoms with Crippen molar-refractivity contribution in [2.75, 3.05) is 0 Å². The summed E-state index contributed by atoms with van der Waals surface area (Å²) in [5, 5.41) is 0. The Morgan fingerprint density at radius 2 is 1.12 bits per heavy atom. The van der Waals surface area contributed by atoms with E-state index in [2.05, 4.69) is 0 Å². The molecule has 96 valence electrons. The van der Waals surface area contributed by atoms with Gasteiger partial charge in [0.25, 0.3) is 0 Å². The van der Waals surface area contributed by atoms with E-state index >= 15 is 0 Å². The quantitative estimate of drug-likeness (QED) is 0.593. The summed E-state index contributed by atoms with van der Waals surface area (Å²) in [5.74, 6) is 1.93. The molecular formula is C14H18Cu2. The van der Waals surface area contributed by atoms with Crippen LogP contribution in [-0.4, -0.2) is 0 Å². The third kappa shape index (κ3) is 2.23. The van der Waals surface area contributed by atoms with Gasteiger partial charge in [0.2, 0.25) is 0 Å². The summed E-state index contributed by atoms with van der Waals surface area (Å²) in [4.78, 5) is 0. The molecule has 4 rings (SSSR count). The van der Waals surface area contributed by atoms with E-state index in [1.165, 1.54) is 60.3 Å². The van der Waals surface area contributed by atoms with Crippen LogP contribution in [0.1, 0.15) is 51.4 Å². The van der Waals surface area contributed by atoms with Crippen LogP contribution in [0.2, 0.25) is 0 Å². The summed E-state index contributed by atoms with van der Waals surface area (Å²) < 4.78 is 2.54. The van der Waals surface area contributed by atoms with Crippen LogP contribution in [0, 0.1) is 11.8 Å². The van der Waals surface area contributed by atoms with Crippen LogP contribution in [0.15, 0.2) is 20.1 Å². The fourth-order valence-electron chi connectivity index (χ4n) is 3.42. The Balaban J connectivity index is 0.000000101. The molecule has 2 unspecified atom stereocenters. The third-order valence-corrected chi connectivity index (χ3v) is 5.45. The van der Waals surface area contributed by atoms with Crippen LogP contribution >= 0.6 is 0 Å². The standard InChI is InChI=1S/2C7H9.2Cu/c2*1-2-7-4-3-6(1)5-7;;/h2*6H,1-3,5H2;;. The van der Waals surface area contributed by atoms with Crippen molar-refractivity contribution in [1.29, 1.82) is 0 Å². The van der Waals surface area contributed by atoms with Gasteiger partial charge in [0.1, 0.15) is 0 Å². The van der Waals surface area contributed by atoms with Crippen LogP contribution in [0.5, 0.6) is 0 Å². The first-order valence-electron chi connectivity index (χ1n) is 6.37. The maximum atomic E-state index is 5.27. The molecule has 2 atom stereocenters. The van der Waals surface area contributed by atoms with Gasteiger partial charge in [0.05, 0.1) is 0 Å². The molecule has 0 N–H and O–H groups in total. The Bertz CT molecular complexity index is 325. The van der Waals surface area contributed by atoms with Gasteiger partial charge in [0, 0.05) is 0 Å². The van der Waals surface area contributed by atoms with Crippen LogP contribution in [0.3, 0.4) is 0 Å². The van der Waals surface area contributed by atoms with E-state index in [0.29, 0.717) is 0 Å². The van der Waals surface area contributed by atoms with E-state index in [4.69, 9.17) is 32.0 Å². The van der Waals surface area contributed by atoms with E-state index in [1.54, 1.807) is 11.1 Å². The summed E-state index contributed by atoms with van der Waals surface area (Å²) in [6, 6.07) is 0. The molecule has 4 aliphatic rings. The molecule has 0 aromatic rings. The van der Waals surface area contributed by atoms with Crippen molar-refractivity contribution in [3.05, 3.63) is 20.1 Å². The predicted octanol–water partition coefficient (Wildman–Crippen LogP) is 3.98. The molecule has 0 heterocycles. The van der Waals surface area contributed by atoms with Crippen LogP contribution < -0.4 is 0 Å². The Morgan fingerprint density at radius 1 is 0.688 bits per heavy atom. The van der Waals surface area contributed by atoms with Crippen molar-refractivity contribution >= 4 is 0 Å². The van der Waals surface area contributed by atoms with E-state index < -0.39 is 0 Å². The molecule has 0 saturated heterocycles. The van der Waals surface area contributed by atoms with Gasteiger partial charge in [-0.15, -0.1) is 0 Å². The van der Waals surface area contributed by atoms with Gasteiger partial charge in [-0.1, -0.05) is 0 Å². The number of hydrogen-bond donors (Lipinski definition) is 0. The second-order valence-corrected chi connectivity index (χ2v) is 6.69. The summed E-state index contributed by atoms with van der Waals surface area (Å²) in [6.07, 6.45) is 10.6. The molecule has 0 radical (unpaired) electrons. The minimum absolute atomic E-state index is 0.965. The zero-order valence-corrected chi connectivity index (χ0v) is 11.3. The molecule has 0 nitrogen and oxygen atoms in total. The fraction of sp³-hybridized carbons (Fsp3) is 0.714. The van der Waals surface area contributed by atoms with Crippen LogP contribution in [0.4, 0.5) is 0 Å². The van der Waals surface area contributed by atoms with Gasteiger partial charge in [-0.2, -0.15) is 0 Å². The maximum absolute atomic E-state index is 5.27. The van der Waals surface area contributed by atoms with Gasteiger partial charge in [-0.3, -0.25) is 0 Å². The van der Waals surface area contributed by atoms with Gasteiger partial charge in [0.15, 0.2) is 0 Å². The molecule has 2 fully saturated rings. The van der Waals surface area contributed by atoms with Gasteiger partial charge < -0.3 is 0 Å². The number of rotatable bonds is 0. The molecule has 0 spiro atoms. The van der Waals surface area contributed by atoms with Gasteiger partial charge >= 0.3 is 115 Å². The average molecular weight is 313 g/mol. The van der Waals surface area contributed by atoms with Crippen molar-refractivity contribution in [3.63, 3.8) is 0 Å². The molecule has 16 heavy (non-hydrogen) atoms. The van der Waals surface area contributed by atoms with E-state index in [0.717, 1.165) is 11.8 Å². The number of hydrogen-bond acceptors (Lipinski definition) is 0. The zero-order valence-electron chi connectivity index (χ0n) is 9.41. The average Bonchev–Trinajstić information content (AvgIpc) is 2.94. The normalized spacial score (nSPS) is 35.0. The van der Waals surface area contributed by atoms with Gasteiger partial charge in [-0.05, 0) is 0 Å². The second-order valence-electron chi connectivity index (χ2n) is 5.55. The Kier molecular flexibility index (Phi) is 3.37. The molecule has 0 amide bonds. The van der Waals surface area contributed by atoms with E-state index in [-0.39, 0.29) is 0 Å². The number of fused-ring (bicyclic) bond motifs is 4. The minimum atomic E-state index is 0.965. The van der Waals surface area contributed by atoms with E-state index in [1.807, 2.05) is 0 Å². The first kappa shape index (κ1) is 11.6. The number of allylic oxidation sites excluding steroid dienone is 4. The molecule has 4 aliphatic carbocycles. The Hall–Kier alpha value is 0.519. The summed E-state index contributed by atoms with van der Waals surface area (Å²) >= 11 is 10.5. The molecule has 4 bridgehead atoms. The summed E-state index contributed by atoms with van der Waals surface area (Å²) in [6.45, 7) is 0. The van der Waals surface area contributed by atoms with Crippen molar-refractivity contribution in [3.8, 4) is 0 Å². The molecule has 2 heteroatoms. The van der Waals surface area contributed by atoms with Crippen molar-refractivity contribution in [1.82, 2.24) is 0 Å². The molecule has 0 aromatic carbocycles. The first-order valence-corrected chi connectivity index (χ1v) is 7.31. The van der Waals surface area contributed by atoms with E-state index in [9.17, 15) is 0 Å². The summed E-state index contributed by atoms with van der Waals surface area (Å²) in [7, 11) is 0. The topological polar surface area (TPSA) is 0 Å². The second kappa shape index (κ2) is 4.65. The summed E-state index contributed by atoms with van der Waals surface area (Å²) in [5.41, 5.74) is 3.19. The monoisotopic (exact) mass is 312 g/mol. The van der Waals surface area contributed by atoms with Crippen molar-refractivity contribution in [2.45, 2.75) is 51.4 Å². The first-order chi connectivity index (χ1) is 7.72. The molecular weight excluding hydrogens is 295 g/mol. The third-order valence-electron chi connectivity index (χ3n) is 4.40.